The number of carbonyl (C=O) groups is 1. The summed E-state index contributed by atoms with van der Waals surface area (Å²) >= 11 is 0. The lowest BCUT2D eigenvalue weighted by Gasteiger charge is -2.32. The fourth-order valence-electron chi connectivity index (χ4n) is 5.60. The van der Waals surface area contributed by atoms with Crippen molar-refractivity contribution in [2.45, 2.75) is 85.0 Å². The summed E-state index contributed by atoms with van der Waals surface area (Å²) < 4.78 is 38.0. The maximum absolute atomic E-state index is 11.7. The van der Waals surface area contributed by atoms with Gasteiger partial charge in [-0.1, -0.05) is 74.9 Å². The van der Waals surface area contributed by atoms with E-state index in [1.165, 1.54) is 6.07 Å². The van der Waals surface area contributed by atoms with Crippen LogP contribution in [0.15, 0.2) is 84.9 Å². The van der Waals surface area contributed by atoms with Crippen molar-refractivity contribution >= 4 is 18.6 Å². The lowest BCUT2D eigenvalue weighted by atomic mass is 9.77. The third-order valence-corrected chi connectivity index (χ3v) is 9.05. The fourth-order valence-corrected chi connectivity index (χ4v) is 5.60. The van der Waals surface area contributed by atoms with Crippen LogP contribution in [0, 0.1) is 0 Å². The minimum absolute atomic E-state index is 0.109. The standard InChI is InChI=1S/C40H47BO8/c1-7-16-30-33(21-14-22-34(30)47-35-20-13-12-19-31(35)38(42)43)44-23-15-24-45-36-26-37(46-27-28-17-10-9-11-18-28)32(25-29(36)8-2)41-48-39(3,4)40(5,6)49-41/h9-14,17-22,25-26H,7-8,15-16,23-24,27H2,1-6H3,(H,42,43). The van der Waals surface area contributed by atoms with Gasteiger partial charge in [0.05, 0.1) is 24.4 Å². The number of hydrogen-bond donors (Lipinski definition) is 1. The molecule has 0 aliphatic carbocycles. The molecule has 1 heterocycles. The molecule has 5 rings (SSSR count). The molecule has 4 aromatic carbocycles. The molecule has 0 spiro atoms. The predicted octanol–water partition coefficient (Wildman–Crippen LogP) is 8.42. The van der Waals surface area contributed by atoms with Crippen molar-refractivity contribution in [3.63, 3.8) is 0 Å². The number of para-hydroxylation sites is 1. The highest BCUT2D eigenvalue weighted by Crippen LogP contribution is 2.38. The minimum atomic E-state index is -1.04. The maximum atomic E-state index is 11.7. The summed E-state index contributed by atoms with van der Waals surface area (Å²) in [6, 6.07) is 26.3. The van der Waals surface area contributed by atoms with Crippen LogP contribution in [0.25, 0.3) is 0 Å². The first-order chi connectivity index (χ1) is 23.5. The molecule has 1 saturated heterocycles. The Bertz CT molecular complexity index is 1700. The van der Waals surface area contributed by atoms with Crippen LogP contribution in [0.4, 0.5) is 0 Å². The second-order valence-corrected chi connectivity index (χ2v) is 13.2. The van der Waals surface area contributed by atoms with E-state index in [0.29, 0.717) is 49.2 Å². The molecular formula is C40H47BO8. The first-order valence-corrected chi connectivity index (χ1v) is 17.1. The van der Waals surface area contributed by atoms with Gasteiger partial charge in [0.25, 0.3) is 0 Å². The molecule has 0 atom stereocenters. The van der Waals surface area contributed by atoms with E-state index < -0.39 is 24.3 Å². The predicted molar refractivity (Wildman–Crippen MR) is 192 cm³/mol. The topological polar surface area (TPSA) is 92.7 Å². The summed E-state index contributed by atoms with van der Waals surface area (Å²) in [4.78, 5) is 11.7. The Morgan fingerprint density at radius 2 is 1.37 bits per heavy atom. The number of rotatable bonds is 16. The summed E-state index contributed by atoms with van der Waals surface area (Å²) in [5.74, 6) is 1.97. The summed E-state index contributed by atoms with van der Waals surface area (Å²) in [5, 5.41) is 9.61. The molecule has 9 heteroatoms. The third kappa shape index (κ3) is 8.58. The van der Waals surface area contributed by atoms with Gasteiger partial charge in [-0.05, 0) is 75.9 Å². The third-order valence-electron chi connectivity index (χ3n) is 9.05. The van der Waals surface area contributed by atoms with Crippen LogP contribution in [0.2, 0.25) is 0 Å². The average Bonchev–Trinajstić information content (AvgIpc) is 3.31. The van der Waals surface area contributed by atoms with Gasteiger partial charge in [-0.15, -0.1) is 0 Å². The molecule has 0 saturated carbocycles. The Kier molecular flexibility index (Phi) is 11.6. The van der Waals surface area contributed by atoms with Crippen molar-refractivity contribution in [3.05, 3.63) is 107 Å². The van der Waals surface area contributed by atoms with Crippen LogP contribution in [0.5, 0.6) is 28.7 Å². The molecule has 0 amide bonds. The zero-order valence-electron chi connectivity index (χ0n) is 29.4. The monoisotopic (exact) mass is 666 g/mol. The number of carboxylic acids is 1. The Labute approximate surface area is 290 Å². The molecule has 1 aliphatic rings. The zero-order valence-corrected chi connectivity index (χ0v) is 29.4. The Morgan fingerprint density at radius 1 is 0.735 bits per heavy atom. The highest BCUT2D eigenvalue weighted by molar-refractivity contribution is 6.63. The highest BCUT2D eigenvalue weighted by Gasteiger charge is 2.52. The molecule has 0 bridgehead atoms. The quantitative estimate of drug-likeness (QED) is 0.0942. The van der Waals surface area contributed by atoms with E-state index in [0.717, 1.165) is 47.2 Å². The minimum Gasteiger partial charge on any atom is -0.493 e. The molecule has 0 aromatic heterocycles. The Balaban J connectivity index is 1.28. The molecule has 0 radical (unpaired) electrons. The smallest absolute Gasteiger partial charge is 0.493 e. The first-order valence-electron chi connectivity index (χ1n) is 17.1. The summed E-state index contributed by atoms with van der Waals surface area (Å²) in [6.45, 7) is 13.6. The van der Waals surface area contributed by atoms with Gasteiger partial charge in [-0.2, -0.15) is 0 Å². The highest BCUT2D eigenvalue weighted by atomic mass is 16.7. The van der Waals surface area contributed by atoms with E-state index >= 15 is 0 Å². The Morgan fingerprint density at radius 3 is 2.04 bits per heavy atom. The van der Waals surface area contributed by atoms with E-state index in [-0.39, 0.29) is 5.56 Å². The molecule has 49 heavy (non-hydrogen) atoms. The molecule has 1 fully saturated rings. The van der Waals surface area contributed by atoms with E-state index in [2.05, 4.69) is 19.9 Å². The van der Waals surface area contributed by atoms with E-state index in [4.69, 9.17) is 28.3 Å². The van der Waals surface area contributed by atoms with Gasteiger partial charge < -0.3 is 33.4 Å². The van der Waals surface area contributed by atoms with E-state index in [9.17, 15) is 9.90 Å². The van der Waals surface area contributed by atoms with Crippen molar-refractivity contribution in [2.75, 3.05) is 13.2 Å². The number of aryl methyl sites for hydroxylation is 1. The van der Waals surface area contributed by atoms with Crippen molar-refractivity contribution in [2.24, 2.45) is 0 Å². The molecule has 258 valence electrons. The van der Waals surface area contributed by atoms with Gasteiger partial charge >= 0.3 is 13.1 Å². The summed E-state index contributed by atoms with van der Waals surface area (Å²) in [6.07, 6.45) is 2.99. The lowest BCUT2D eigenvalue weighted by molar-refractivity contribution is 0.00578. The van der Waals surface area contributed by atoms with E-state index in [1.807, 2.05) is 82.3 Å². The number of ether oxygens (including phenoxy) is 4. The van der Waals surface area contributed by atoms with Crippen molar-refractivity contribution in [3.8, 4) is 28.7 Å². The van der Waals surface area contributed by atoms with Crippen LogP contribution < -0.4 is 24.4 Å². The largest absolute Gasteiger partial charge is 0.498 e. The lowest BCUT2D eigenvalue weighted by Crippen LogP contribution is -2.41. The average molecular weight is 667 g/mol. The van der Waals surface area contributed by atoms with Gasteiger partial charge in [0.2, 0.25) is 0 Å². The van der Waals surface area contributed by atoms with Crippen molar-refractivity contribution < 1.29 is 38.2 Å². The molecule has 0 unspecified atom stereocenters. The molecule has 4 aromatic rings. The maximum Gasteiger partial charge on any atom is 0.498 e. The van der Waals surface area contributed by atoms with Crippen molar-refractivity contribution in [1.82, 2.24) is 0 Å². The fraction of sp³-hybridized carbons (Fsp3) is 0.375. The van der Waals surface area contributed by atoms with Crippen LogP contribution in [-0.2, 0) is 28.8 Å². The molecule has 1 aliphatic heterocycles. The van der Waals surface area contributed by atoms with Gasteiger partial charge in [0.1, 0.15) is 40.9 Å². The Hall–Kier alpha value is -4.47. The molecule has 8 nitrogen and oxygen atoms in total. The normalized spacial score (nSPS) is 14.8. The first kappa shape index (κ1) is 35.8. The molecule has 1 N–H and O–H groups in total. The van der Waals surface area contributed by atoms with Gasteiger partial charge in [-0.25, -0.2) is 4.79 Å². The number of benzene rings is 4. The van der Waals surface area contributed by atoms with Crippen molar-refractivity contribution in [1.29, 1.82) is 0 Å². The van der Waals surface area contributed by atoms with Crippen LogP contribution in [-0.4, -0.2) is 42.6 Å². The summed E-state index contributed by atoms with van der Waals surface area (Å²) in [5.41, 5.74) is 2.98. The second kappa shape index (κ2) is 15.8. The second-order valence-electron chi connectivity index (χ2n) is 13.2. The number of carboxylic acid groups (broad SMARTS) is 1. The van der Waals surface area contributed by atoms with Crippen LogP contribution >= 0.6 is 0 Å². The zero-order chi connectivity index (χ0) is 35.0. The van der Waals surface area contributed by atoms with Gasteiger partial charge in [-0.3, -0.25) is 0 Å². The van der Waals surface area contributed by atoms with Crippen LogP contribution in [0.3, 0.4) is 0 Å². The van der Waals surface area contributed by atoms with E-state index in [1.54, 1.807) is 18.2 Å². The number of aromatic carboxylic acids is 1. The van der Waals surface area contributed by atoms with Gasteiger partial charge in [0.15, 0.2) is 0 Å². The summed E-state index contributed by atoms with van der Waals surface area (Å²) in [7, 11) is -0.571. The van der Waals surface area contributed by atoms with Gasteiger partial charge in [0, 0.05) is 23.5 Å². The SMILES string of the molecule is CCCc1c(OCCCOc2cc(OCc3ccccc3)c(B3OC(C)(C)C(C)(C)O3)cc2CC)cccc1Oc1ccccc1C(=O)O. The molecular weight excluding hydrogens is 619 g/mol. The van der Waals surface area contributed by atoms with Crippen LogP contribution in [0.1, 0.15) is 81.4 Å². The number of hydrogen-bond acceptors (Lipinski definition) is 7.